The van der Waals surface area contributed by atoms with Gasteiger partial charge in [-0.3, -0.25) is 4.99 Å². The zero-order valence-electron chi connectivity index (χ0n) is 17.4. The van der Waals surface area contributed by atoms with Crippen molar-refractivity contribution >= 4 is 11.6 Å². The zero-order chi connectivity index (χ0) is 20.5. The van der Waals surface area contributed by atoms with Gasteiger partial charge in [-0.15, -0.1) is 0 Å². The van der Waals surface area contributed by atoms with Crippen LogP contribution in [0.15, 0.2) is 53.5 Å². The van der Waals surface area contributed by atoms with Crippen LogP contribution in [0.5, 0.6) is 17.2 Å². The highest BCUT2D eigenvalue weighted by atomic mass is 16.5. The van der Waals surface area contributed by atoms with Crippen LogP contribution < -0.4 is 29.7 Å². The maximum atomic E-state index is 5.71. The minimum Gasteiger partial charge on any atom is -0.497 e. The maximum Gasteiger partial charge on any atom is 0.191 e. The molecule has 2 aromatic carbocycles. The van der Waals surface area contributed by atoms with E-state index in [1.54, 1.807) is 21.3 Å². The Kier molecular flexibility index (Phi) is 7.44. The van der Waals surface area contributed by atoms with Gasteiger partial charge in [-0.1, -0.05) is 18.2 Å². The summed E-state index contributed by atoms with van der Waals surface area (Å²) >= 11 is 0. The molecule has 0 aliphatic carbocycles. The average Bonchev–Trinajstić information content (AvgIpc) is 3.24. The van der Waals surface area contributed by atoms with Crippen LogP contribution in [0, 0.1) is 0 Å². The molecule has 1 aliphatic rings. The fourth-order valence-electron chi connectivity index (χ4n) is 3.33. The fraction of sp³-hybridized carbons (Fsp3) is 0.409. The summed E-state index contributed by atoms with van der Waals surface area (Å²) in [5, 5.41) is 6.81. The third-order valence-electron chi connectivity index (χ3n) is 4.86. The zero-order valence-corrected chi connectivity index (χ0v) is 17.4. The van der Waals surface area contributed by atoms with Crippen LogP contribution >= 0.6 is 0 Å². The summed E-state index contributed by atoms with van der Waals surface area (Å²) in [7, 11) is 5.13. The lowest BCUT2D eigenvalue weighted by Crippen LogP contribution is -2.45. The molecule has 1 unspecified atom stereocenters. The van der Waals surface area contributed by atoms with E-state index in [0.29, 0.717) is 19.2 Å². The highest BCUT2D eigenvalue weighted by Gasteiger charge is 2.24. The Morgan fingerprint density at radius 3 is 2.45 bits per heavy atom. The van der Waals surface area contributed by atoms with Crippen molar-refractivity contribution in [1.82, 2.24) is 10.6 Å². The van der Waals surface area contributed by atoms with E-state index in [1.165, 1.54) is 0 Å². The number of aliphatic imine (C=N–C) groups is 1. The number of rotatable bonds is 8. The largest absolute Gasteiger partial charge is 0.497 e. The minimum absolute atomic E-state index is 0.313. The number of anilines is 1. The summed E-state index contributed by atoms with van der Waals surface area (Å²) in [6.07, 6.45) is 1.03. The van der Waals surface area contributed by atoms with Gasteiger partial charge in [0, 0.05) is 50.1 Å². The summed E-state index contributed by atoms with van der Waals surface area (Å²) in [6, 6.07) is 16.1. The van der Waals surface area contributed by atoms with Crippen LogP contribution in [0.3, 0.4) is 0 Å². The molecule has 3 rings (SSSR count). The first kappa shape index (κ1) is 20.6. The van der Waals surface area contributed by atoms with E-state index in [9.17, 15) is 0 Å². The smallest absolute Gasteiger partial charge is 0.191 e. The van der Waals surface area contributed by atoms with E-state index in [-0.39, 0.29) is 0 Å². The van der Waals surface area contributed by atoms with Crippen LogP contribution in [0.2, 0.25) is 0 Å². The van der Waals surface area contributed by atoms with E-state index >= 15 is 0 Å². The molecule has 1 heterocycles. The molecule has 7 heteroatoms. The van der Waals surface area contributed by atoms with Crippen LogP contribution in [-0.4, -0.2) is 59.5 Å². The van der Waals surface area contributed by atoms with Crippen molar-refractivity contribution in [2.75, 3.05) is 52.4 Å². The topological polar surface area (TPSA) is 67.4 Å². The standard InChI is InChI=1S/C22H30N4O3/c1-23-22(24-10-12-29-19-7-5-4-6-8-19)25-17-9-11-26(16-17)18-13-20(27-2)15-21(14-18)28-3/h4-8,13-15,17H,9-12,16H2,1-3H3,(H2,23,24,25). The summed E-state index contributed by atoms with van der Waals surface area (Å²) < 4.78 is 16.5. The minimum atomic E-state index is 0.313. The number of hydrogen-bond donors (Lipinski definition) is 2. The molecule has 0 spiro atoms. The molecule has 0 radical (unpaired) electrons. The van der Waals surface area contributed by atoms with Gasteiger partial charge in [0.25, 0.3) is 0 Å². The van der Waals surface area contributed by atoms with E-state index < -0.39 is 0 Å². The third kappa shape index (κ3) is 5.94. The fourth-order valence-corrected chi connectivity index (χ4v) is 3.33. The van der Waals surface area contributed by atoms with Gasteiger partial charge in [0.1, 0.15) is 23.9 Å². The SMILES string of the molecule is CN=C(NCCOc1ccccc1)NC1CCN(c2cc(OC)cc(OC)c2)C1. The van der Waals surface area contributed by atoms with Crippen molar-refractivity contribution in [2.45, 2.75) is 12.5 Å². The van der Waals surface area contributed by atoms with Crippen LogP contribution in [-0.2, 0) is 0 Å². The molecule has 156 valence electrons. The molecular formula is C22H30N4O3. The number of para-hydroxylation sites is 1. The van der Waals surface area contributed by atoms with Crippen molar-refractivity contribution in [3.05, 3.63) is 48.5 Å². The Bertz CT molecular complexity index is 776. The lowest BCUT2D eigenvalue weighted by molar-refractivity contribution is 0.321. The van der Waals surface area contributed by atoms with Gasteiger partial charge in [0.05, 0.1) is 20.8 Å². The molecule has 2 aromatic rings. The molecule has 0 bridgehead atoms. The normalized spacial score (nSPS) is 16.4. The van der Waals surface area contributed by atoms with Gasteiger partial charge in [-0.2, -0.15) is 0 Å². The Morgan fingerprint density at radius 1 is 1.07 bits per heavy atom. The maximum absolute atomic E-state index is 5.71. The van der Waals surface area contributed by atoms with E-state index in [2.05, 4.69) is 20.5 Å². The summed E-state index contributed by atoms with van der Waals surface area (Å²) in [5.74, 6) is 3.26. The van der Waals surface area contributed by atoms with Gasteiger partial charge in [0.15, 0.2) is 5.96 Å². The van der Waals surface area contributed by atoms with Gasteiger partial charge < -0.3 is 29.7 Å². The second-order valence-electron chi connectivity index (χ2n) is 6.81. The van der Waals surface area contributed by atoms with Crippen molar-refractivity contribution < 1.29 is 14.2 Å². The van der Waals surface area contributed by atoms with Crippen LogP contribution in [0.1, 0.15) is 6.42 Å². The summed E-state index contributed by atoms with van der Waals surface area (Å²) in [5.41, 5.74) is 1.10. The number of nitrogens with zero attached hydrogens (tertiary/aromatic N) is 2. The summed E-state index contributed by atoms with van der Waals surface area (Å²) in [4.78, 5) is 6.66. The molecule has 29 heavy (non-hydrogen) atoms. The number of ether oxygens (including phenoxy) is 3. The second-order valence-corrected chi connectivity index (χ2v) is 6.81. The van der Waals surface area contributed by atoms with Crippen molar-refractivity contribution in [1.29, 1.82) is 0 Å². The lowest BCUT2D eigenvalue weighted by Gasteiger charge is -2.21. The van der Waals surface area contributed by atoms with Crippen molar-refractivity contribution in [2.24, 2.45) is 4.99 Å². The summed E-state index contributed by atoms with van der Waals surface area (Å²) in [6.45, 7) is 3.10. The van der Waals surface area contributed by atoms with Crippen molar-refractivity contribution in [3.8, 4) is 17.2 Å². The van der Waals surface area contributed by atoms with Gasteiger partial charge in [0.2, 0.25) is 0 Å². The predicted octanol–water partition coefficient (Wildman–Crippen LogP) is 2.53. The van der Waals surface area contributed by atoms with Gasteiger partial charge in [-0.05, 0) is 18.6 Å². The number of guanidine groups is 1. The van der Waals surface area contributed by atoms with Crippen molar-refractivity contribution in [3.63, 3.8) is 0 Å². The first-order valence-electron chi connectivity index (χ1n) is 9.85. The van der Waals surface area contributed by atoms with Crippen LogP contribution in [0.4, 0.5) is 5.69 Å². The number of benzene rings is 2. The number of nitrogens with one attached hydrogen (secondary N) is 2. The molecule has 1 saturated heterocycles. The molecule has 0 amide bonds. The Labute approximate surface area is 172 Å². The lowest BCUT2D eigenvalue weighted by atomic mass is 10.2. The molecule has 1 aliphatic heterocycles. The Hall–Kier alpha value is -3.09. The van der Waals surface area contributed by atoms with Crippen LogP contribution in [0.25, 0.3) is 0 Å². The number of methoxy groups -OCH3 is 2. The van der Waals surface area contributed by atoms with Gasteiger partial charge in [-0.25, -0.2) is 0 Å². The predicted molar refractivity (Wildman–Crippen MR) is 117 cm³/mol. The highest BCUT2D eigenvalue weighted by molar-refractivity contribution is 5.80. The van der Waals surface area contributed by atoms with E-state index in [4.69, 9.17) is 14.2 Å². The quantitative estimate of drug-likeness (QED) is 0.405. The highest BCUT2D eigenvalue weighted by Crippen LogP contribution is 2.30. The Balaban J connectivity index is 1.47. The molecule has 0 aromatic heterocycles. The van der Waals surface area contributed by atoms with E-state index in [1.807, 2.05) is 48.5 Å². The molecule has 2 N–H and O–H groups in total. The molecule has 7 nitrogen and oxygen atoms in total. The molecule has 1 fully saturated rings. The first-order chi connectivity index (χ1) is 14.2. The third-order valence-corrected chi connectivity index (χ3v) is 4.86. The molecule has 1 atom stereocenters. The number of hydrogen-bond acceptors (Lipinski definition) is 5. The molecular weight excluding hydrogens is 368 g/mol. The van der Waals surface area contributed by atoms with E-state index in [0.717, 1.165) is 48.4 Å². The molecule has 0 saturated carbocycles. The average molecular weight is 399 g/mol. The monoisotopic (exact) mass is 398 g/mol. The van der Waals surface area contributed by atoms with Gasteiger partial charge >= 0.3 is 0 Å². The Morgan fingerprint density at radius 2 is 1.79 bits per heavy atom. The second kappa shape index (κ2) is 10.5. The first-order valence-corrected chi connectivity index (χ1v) is 9.85.